The second-order valence-corrected chi connectivity index (χ2v) is 8.29. The fraction of sp³-hybridized carbons (Fsp3) is 0.583. The Morgan fingerprint density at radius 3 is 2.62 bits per heavy atom. The lowest BCUT2D eigenvalue weighted by Crippen LogP contribution is -2.32. The number of aryl methyl sites for hydroxylation is 1. The zero-order valence-electron chi connectivity index (χ0n) is 12.2. The summed E-state index contributed by atoms with van der Waals surface area (Å²) in [6.07, 6.45) is 3.50. The van der Waals surface area contributed by atoms with Crippen molar-refractivity contribution in [1.82, 2.24) is 9.29 Å². The summed E-state index contributed by atoms with van der Waals surface area (Å²) in [5.41, 5.74) is -0.0654. The van der Waals surface area contributed by atoms with Crippen molar-refractivity contribution in [2.24, 2.45) is 0 Å². The van der Waals surface area contributed by atoms with Gasteiger partial charge < -0.3 is 9.67 Å². The molecule has 120 valence electrons. The highest BCUT2D eigenvalue weighted by Crippen LogP contribution is 2.15. The van der Waals surface area contributed by atoms with Crippen LogP contribution < -0.4 is 4.72 Å². The highest BCUT2D eigenvalue weighted by molar-refractivity contribution is 7.89. The van der Waals surface area contributed by atoms with Crippen molar-refractivity contribution in [2.75, 3.05) is 12.8 Å². The number of carboxylic acid groups (broad SMARTS) is 1. The maximum Gasteiger partial charge on any atom is 0.352 e. The first kappa shape index (κ1) is 17.9. The van der Waals surface area contributed by atoms with Gasteiger partial charge >= 0.3 is 5.97 Å². The van der Waals surface area contributed by atoms with E-state index in [0.717, 1.165) is 6.07 Å². The number of carboxylic acids is 1. The Labute approximate surface area is 126 Å². The van der Waals surface area contributed by atoms with E-state index in [9.17, 15) is 17.4 Å². The van der Waals surface area contributed by atoms with Crippen LogP contribution in [0.25, 0.3) is 0 Å². The highest BCUT2D eigenvalue weighted by Gasteiger charge is 2.22. The number of nitrogens with one attached hydrogen (secondary N) is 1. The Bertz CT molecular complexity index is 636. The molecule has 0 saturated heterocycles. The van der Waals surface area contributed by atoms with Gasteiger partial charge in [0.2, 0.25) is 10.0 Å². The Morgan fingerprint density at radius 1 is 1.52 bits per heavy atom. The summed E-state index contributed by atoms with van der Waals surface area (Å²) in [7, 11) is -4.95. The summed E-state index contributed by atoms with van der Waals surface area (Å²) >= 11 is 0. The predicted octanol–water partition coefficient (Wildman–Crippen LogP) is 0.642. The maximum atomic E-state index is 12.1. The Balaban J connectivity index is 3.00. The van der Waals surface area contributed by atoms with E-state index in [0.29, 0.717) is 13.0 Å². The molecule has 2 N–H and O–H groups in total. The highest BCUT2D eigenvalue weighted by atomic mass is 32.2. The number of carbonyl (C=O) groups is 1. The molecule has 0 radical (unpaired) electrons. The Morgan fingerprint density at radius 2 is 2.14 bits per heavy atom. The third kappa shape index (κ3) is 4.65. The molecule has 2 unspecified atom stereocenters. The number of hydrogen-bond donors (Lipinski definition) is 2. The number of aromatic nitrogens is 1. The van der Waals surface area contributed by atoms with Crippen LogP contribution >= 0.6 is 0 Å². The SMILES string of the molecule is CCCn1cc(S(=O)(=O)NCC(C)S(C)=O)cc1C(=O)O. The van der Waals surface area contributed by atoms with Crippen LogP contribution in [0.4, 0.5) is 0 Å². The van der Waals surface area contributed by atoms with E-state index in [-0.39, 0.29) is 22.4 Å². The first-order valence-electron chi connectivity index (χ1n) is 6.44. The first-order chi connectivity index (χ1) is 9.69. The molecule has 21 heavy (non-hydrogen) atoms. The van der Waals surface area contributed by atoms with Crippen molar-refractivity contribution in [1.29, 1.82) is 0 Å². The van der Waals surface area contributed by atoms with Gasteiger partial charge in [0.15, 0.2) is 0 Å². The van der Waals surface area contributed by atoms with Gasteiger partial charge in [-0.15, -0.1) is 0 Å². The minimum Gasteiger partial charge on any atom is -0.477 e. The van der Waals surface area contributed by atoms with E-state index < -0.39 is 26.8 Å². The van der Waals surface area contributed by atoms with E-state index in [4.69, 9.17) is 5.11 Å². The molecule has 0 amide bonds. The molecule has 0 saturated carbocycles. The number of hydrogen-bond acceptors (Lipinski definition) is 4. The number of aromatic carboxylic acids is 1. The molecule has 1 rings (SSSR count). The van der Waals surface area contributed by atoms with Crippen molar-refractivity contribution in [3.05, 3.63) is 18.0 Å². The van der Waals surface area contributed by atoms with Crippen LogP contribution in [0.1, 0.15) is 30.8 Å². The summed E-state index contributed by atoms with van der Waals surface area (Å²) in [4.78, 5) is 11.0. The van der Waals surface area contributed by atoms with Crippen LogP contribution in [-0.4, -0.2) is 46.3 Å². The smallest absolute Gasteiger partial charge is 0.352 e. The van der Waals surface area contributed by atoms with Gasteiger partial charge in [-0.1, -0.05) is 6.92 Å². The van der Waals surface area contributed by atoms with Gasteiger partial charge in [-0.2, -0.15) is 0 Å². The summed E-state index contributed by atoms with van der Waals surface area (Å²) in [6.45, 7) is 4.00. The molecule has 7 nitrogen and oxygen atoms in total. The van der Waals surface area contributed by atoms with Crippen LogP contribution in [0.3, 0.4) is 0 Å². The van der Waals surface area contributed by atoms with Gasteiger partial charge in [0.25, 0.3) is 0 Å². The molecule has 9 heteroatoms. The molecule has 0 aromatic carbocycles. The predicted molar refractivity (Wildman–Crippen MR) is 80.4 cm³/mol. The van der Waals surface area contributed by atoms with Gasteiger partial charge in [-0.25, -0.2) is 17.9 Å². The Kier molecular flexibility index (Phi) is 6.11. The van der Waals surface area contributed by atoms with Crippen molar-refractivity contribution >= 4 is 26.8 Å². The quantitative estimate of drug-likeness (QED) is 0.725. The molecule has 0 bridgehead atoms. The molecule has 0 spiro atoms. The van der Waals surface area contributed by atoms with Crippen LogP contribution in [0, 0.1) is 0 Å². The zero-order valence-corrected chi connectivity index (χ0v) is 13.8. The monoisotopic (exact) mass is 336 g/mol. The van der Waals surface area contributed by atoms with E-state index in [1.54, 1.807) is 6.92 Å². The fourth-order valence-corrected chi connectivity index (χ4v) is 3.26. The van der Waals surface area contributed by atoms with Gasteiger partial charge in [-0.3, -0.25) is 4.21 Å². The second-order valence-electron chi connectivity index (χ2n) is 4.72. The lowest BCUT2D eigenvalue weighted by molar-refractivity contribution is 0.0685. The van der Waals surface area contributed by atoms with E-state index >= 15 is 0 Å². The normalized spacial score (nSPS) is 14.8. The second kappa shape index (κ2) is 7.19. The standard InChI is InChI=1S/C12H20N2O5S2/c1-4-5-14-8-10(6-11(14)12(15)16)21(18,19)13-7-9(2)20(3)17/h6,8-9,13H,4-5,7H2,1-3H3,(H,15,16). The molecular weight excluding hydrogens is 316 g/mol. The molecule has 1 heterocycles. The zero-order chi connectivity index (χ0) is 16.2. The molecule has 0 aliphatic rings. The van der Waals surface area contributed by atoms with Crippen LogP contribution in [0.5, 0.6) is 0 Å². The third-order valence-electron chi connectivity index (χ3n) is 2.99. The summed E-state index contributed by atoms with van der Waals surface area (Å²) < 4.78 is 39.2. The van der Waals surface area contributed by atoms with Gasteiger partial charge in [0.05, 0.1) is 0 Å². The molecular formula is C12H20N2O5S2. The average Bonchev–Trinajstić information content (AvgIpc) is 2.81. The molecule has 0 aliphatic carbocycles. The molecule has 0 aliphatic heterocycles. The first-order valence-corrected chi connectivity index (χ1v) is 9.54. The lowest BCUT2D eigenvalue weighted by atomic mass is 10.4. The van der Waals surface area contributed by atoms with Crippen LogP contribution in [0.2, 0.25) is 0 Å². The van der Waals surface area contributed by atoms with E-state index in [1.807, 2.05) is 6.92 Å². The number of sulfonamides is 1. The fourth-order valence-electron chi connectivity index (χ4n) is 1.66. The average molecular weight is 336 g/mol. The minimum atomic E-state index is -3.81. The summed E-state index contributed by atoms with van der Waals surface area (Å²) in [5.74, 6) is -1.17. The van der Waals surface area contributed by atoms with Gasteiger partial charge in [0.1, 0.15) is 10.6 Å². The summed E-state index contributed by atoms with van der Waals surface area (Å²) in [6, 6.07) is 1.13. The van der Waals surface area contributed by atoms with Crippen LogP contribution in [0.15, 0.2) is 17.2 Å². The topological polar surface area (TPSA) is 105 Å². The van der Waals surface area contributed by atoms with Crippen molar-refractivity contribution in [3.8, 4) is 0 Å². The van der Waals surface area contributed by atoms with E-state index in [1.165, 1.54) is 17.0 Å². The van der Waals surface area contributed by atoms with Gasteiger partial charge in [-0.05, 0) is 19.4 Å². The molecule has 2 atom stereocenters. The number of rotatable bonds is 8. The van der Waals surface area contributed by atoms with Crippen molar-refractivity contribution in [2.45, 2.75) is 37.0 Å². The largest absolute Gasteiger partial charge is 0.477 e. The lowest BCUT2D eigenvalue weighted by Gasteiger charge is -2.09. The van der Waals surface area contributed by atoms with Gasteiger partial charge in [0, 0.05) is 41.6 Å². The number of nitrogens with zero attached hydrogens (tertiary/aromatic N) is 1. The Hall–Kier alpha value is -1.19. The van der Waals surface area contributed by atoms with Crippen molar-refractivity contribution in [3.63, 3.8) is 0 Å². The third-order valence-corrected chi connectivity index (χ3v) is 5.68. The van der Waals surface area contributed by atoms with E-state index in [2.05, 4.69) is 4.72 Å². The van der Waals surface area contributed by atoms with Crippen LogP contribution in [-0.2, 0) is 27.4 Å². The molecule has 1 aromatic heterocycles. The van der Waals surface area contributed by atoms with Crippen molar-refractivity contribution < 1.29 is 22.5 Å². The molecule has 0 fully saturated rings. The maximum absolute atomic E-state index is 12.1. The molecule has 1 aromatic rings. The summed E-state index contributed by atoms with van der Waals surface area (Å²) in [5, 5.41) is 8.76. The minimum absolute atomic E-state index is 0.0345.